The number of hydrogen-bond acceptors (Lipinski definition) is 12. The largest absolute Gasteiger partial charge is 0.867 e. The van der Waals surface area contributed by atoms with Crippen LogP contribution in [0.15, 0.2) is 225 Å². The van der Waals surface area contributed by atoms with Crippen LogP contribution in [-0.2, 0) is 163 Å². The summed E-state index contributed by atoms with van der Waals surface area (Å²) in [5, 5.41) is 99.7. The van der Waals surface area contributed by atoms with E-state index in [0.717, 1.165) is 78.5 Å². The summed E-state index contributed by atoms with van der Waals surface area (Å²) >= 11 is 0. The smallest absolute Gasteiger partial charge is 0.243 e. The van der Waals surface area contributed by atoms with Gasteiger partial charge in [-0.15, -0.1) is 0 Å². The van der Waals surface area contributed by atoms with Gasteiger partial charge in [-0.3, -0.25) is 0 Å². The second-order valence-electron chi connectivity index (χ2n) is 24.6. The number of aryl methyl sites for hydroxylation is 24. The van der Waals surface area contributed by atoms with Crippen molar-refractivity contribution in [2.24, 2.45) is 84.6 Å². The molecule has 0 aliphatic rings. The van der Waals surface area contributed by atoms with Gasteiger partial charge >= 0.3 is 0 Å². The summed E-state index contributed by atoms with van der Waals surface area (Å²) in [4.78, 5) is 0. The van der Waals surface area contributed by atoms with Gasteiger partial charge in [-0.2, -0.15) is 0 Å². The molecule has 0 saturated heterocycles. The Kier molecular flexibility index (Phi) is 78.2. The molecular weight excluding hydrogens is 1570 g/mol. The van der Waals surface area contributed by atoms with Gasteiger partial charge in [0.05, 0.1) is 163 Å². The van der Waals surface area contributed by atoms with Crippen molar-refractivity contribution in [1.82, 2.24) is 54.8 Å². The molecular formula is C72H132B6F6N24O12. The molecule has 0 N–H and O–H groups in total. The fourth-order valence-corrected chi connectivity index (χ4v) is 8.27. The first-order valence-electron chi connectivity index (χ1n) is 38.2. The number of halogens is 6. The van der Waals surface area contributed by atoms with Crippen LogP contribution in [0.25, 0.3) is 0 Å². The Morgan fingerprint density at radius 1 is 0.158 bits per heavy atom. The molecule has 0 aliphatic carbocycles. The first-order chi connectivity index (χ1) is 56.3. The van der Waals surface area contributed by atoms with Crippen LogP contribution in [0.3, 0.4) is 0 Å². The van der Waals surface area contributed by atoms with Crippen molar-refractivity contribution in [3.05, 3.63) is 225 Å². The molecule has 120 heavy (non-hydrogen) atoms. The summed E-state index contributed by atoms with van der Waals surface area (Å²) in [6.07, 6.45) is 73.7. The third-order valence-electron chi connectivity index (χ3n) is 14.3. The molecule has 0 unspecified atom stereocenters. The van der Waals surface area contributed by atoms with Crippen molar-refractivity contribution in [2.45, 2.75) is 162 Å². The molecule has 12 rings (SSSR count). The molecule has 0 saturated carbocycles. The highest BCUT2D eigenvalue weighted by Crippen LogP contribution is 1.83. The van der Waals surface area contributed by atoms with Gasteiger partial charge in [-0.1, -0.05) is 0 Å². The highest BCUT2D eigenvalue weighted by Gasteiger charge is 2.00. The summed E-state index contributed by atoms with van der Waals surface area (Å²) in [5.74, 6) is 0. The van der Waals surface area contributed by atoms with E-state index in [1.807, 2.05) is 214 Å². The van der Waals surface area contributed by atoms with Crippen LogP contribution in [0.5, 0.6) is 0 Å². The Hall–Kier alpha value is -9.99. The van der Waals surface area contributed by atoms with Gasteiger partial charge in [0.25, 0.3) is 0 Å². The zero-order chi connectivity index (χ0) is 93.3. The zero-order valence-corrected chi connectivity index (χ0v) is 74.6. The van der Waals surface area contributed by atoms with Crippen molar-refractivity contribution < 1.29 is 141 Å². The quantitative estimate of drug-likeness (QED) is 0.0626. The summed E-state index contributed by atoms with van der Waals surface area (Å²) < 4.78 is 109. The van der Waals surface area contributed by atoms with Crippen molar-refractivity contribution in [3.8, 4) is 0 Å². The maximum absolute atomic E-state index is 9.89. The SMILES string of the molecule is CC[n+]1ccn(C)c1.CC[n+]1ccn(C)c1.CC[n+]1ccn(C)c1.CC[n+]1ccn(C)c1.CC[n+]1ccn(C)c1.CC[n+]1ccn(C)c1.CC[n+]1ccn(C)c1.CC[n+]1ccn(C)c1.CC[n+]1ccn(C)c1.CC[n+]1ccn(C)c1.CC[n+]1ccn(C)c1.CC[n+]1ccn(C)c1.[O-]B([O-])F.[O-]B([O-])F.[O-]B([O-])F.[O-]B([O-])F.[O-]B([O-])F.[O-]B([O-])F. The Morgan fingerprint density at radius 2 is 0.208 bits per heavy atom. The highest BCUT2D eigenvalue weighted by atomic mass is 19.1. The van der Waals surface area contributed by atoms with Crippen LogP contribution in [0, 0.1) is 0 Å². The van der Waals surface area contributed by atoms with E-state index in [-0.39, 0.29) is 0 Å². The maximum Gasteiger partial charge on any atom is 0.243 e. The molecule has 0 aromatic carbocycles. The second kappa shape index (κ2) is 77.6. The minimum absolute atomic E-state index is 1.06. The molecule has 36 nitrogen and oxygen atoms in total. The third-order valence-corrected chi connectivity index (χ3v) is 14.3. The van der Waals surface area contributed by atoms with Crippen LogP contribution in [0.1, 0.15) is 83.1 Å². The van der Waals surface area contributed by atoms with Gasteiger partial charge in [-0.25, -0.2) is 110 Å². The van der Waals surface area contributed by atoms with E-state index in [9.17, 15) is 25.9 Å². The highest BCUT2D eigenvalue weighted by molar-refractivity contribution is 6.28. The molecule has 0 atom stereocenters. The van der Waals surface area contributed by atoms with Crippen LogP contribution in [0.4, 0.5) is 25.9 Å². The topological polar surface area (TPSA) is 382 Å². The van der Waals surface area contributed by atoms with Crippen molar-refractivity contribution >= 4 is 44.4 Å². The molecule has 0 amide bonds. The standard InChI is InChI=1S/12C6H11N2.6BFO2/c12*1-3-8-5-4-7(2)6-8;6*2-1(3)4/h12*4-6H,3H2,1-2H3;;;;;;/q12*+1;6*-2. The molecule has 12 heterocycles. The summed E-state index contributed by atoms with van der Waals surface area (Å²) in [5.41, 5.74) is 0. The lowest BCUT2D eigenvalue weighted by Gasteiger charge is -2.09. The zero-order valence-electron chi connectivity index (χ0n) is 74.6. The lowest BCUT2D eigenvalue weighted by atomic mass is 10.3. The van der Waals surface area contributed by atoms with E-state index >= 15 is 0 Å². The van der Waals surface area contributed by atoms with Crippen LogP contribution in [-0.4, -0.2) is 99.2 Å². The van der Waals surface area contributed by atoms with Crippen molar-refractivity contribution in [2.75, 3.05) is 0 Å². The van der Waals surface area contributed by atoms with Gasteiger partial charge in [0.2, 0.25) is 75.9 Å². The Morgan fingerprint density at radius 3 is 0.225 bits per heavy atom. The van der Waals surface area contributed by atoms with Gasteiger partial charge in [0, 0.05) is 0 Å². The molecule has 672 valence electrons. The lowest BCUT2D eigenvalue weighted by Crippen LogP contribution is -2.39. The molecule has 0 radical (unpaired) electrons. The van der Waals surface area contributed by atoms with Gasteiger partial charge < -0.3 is 86.2 Å². The van der Waals surface area contributed by atoms with Crippen molar-refractivity contribution in [3.63, 3.8) is 0 Å². The van der Waals surface area contributed by atoms with E-state index in [0.29, 0.717) is 0 Å². The second-order valence-corrected chi connectivity index (χ2v) is 24.6. The Bertz CT molecular complexity index is 3250. The summed E-state index contributed by atoms with van der Waals surface area (Å²) in [6, 6.07) is 0. The summed E-state index contributed by atoms with van der Waals surface area (Å²) in [6.45, 7) is 38.2. The lowest BCUT2D eigenvalue weighted by molar-refractivity contribution is -0.693. The predicted octanol–water partition coefficient (Wildman–Crippen LogP) is -10.0. The van der Waals surface area contributed by atoms with Gasteiger partial charge in [0.15, 0.2) is 0 Å². The number of rotatable bonds is 12. The van der Waals surface area contributed by atoms with E-state index in [4.69, 9.17) is 60.3 Å². The van der Waals surface area contributed by atoms with Crippen LogP contribution >= 0.6 is 0 Å². The number of nitrogens with zero attached hydrogens (tertiary/aromatic N) is 24. The van der Waals surface area contributed by atoms with Crippen LogP contribution < -0.4 is 115 Å². The molecule has 0 bridgehead atoms. The van der Waals surface area contributed by atoms with E-state index < -0.39 is 44.4 Å². The average molecular weight is 1700 g/mol. The third kappa shape index (κ3) is 83.1. The maximum atomic E-state index is 9.89. The van der Waals surface area contributed by atoms with E-state index in [1.54, 1.807) is 0 Å². The number of aromatic nitrogens is 24. The van der Waals surface area contributed by atoms with Gasteiger partial charge in [0.1, 0.15) is 193 Å². The average Bonchev–Trinajstić information content (AvgIpc) is 1.94. The van der Waals surface area contributed by atoms with Gasteiger partial charge in [-0.05, 0) is 83.1 Å². The Labute approximate surface area is 708 Å². The Balaban J connectivity index is -0.000000289. The minimum atomic E-state index is -3.17. The van der Waals surface area contributed by atoms with Crippen LogP contribution in [0.2, 0.25) is 0 Å². The predicted molar refractivity (Wildman–Crippen MR) is 417 cm³/mol. The molecule has 12 aromatic heterocycles. The molecule has 0 aliphatic heterocycles. The fourth-order valence-electron chi connectivity index (χ4n) is 8.27. The molecule has 48 heteroatoms. The van der Waals surface area contributed by atoms with Crippen molar-refractivity contribution in [1.29, 1.82) is 0 Å². The van der Waals surface area contributed by atoms with E-state index in [1.165, 1.54) is 0 Å². The summed E-state index contributed by atoms with van der Waals surface area (Å²) in [7, 11) is 5.24. The first-order valence-corrected chi connectivity index (χ1v) is 38.2. The molecule has 12 aromatic rings. The normalized spacial score (nSPS) is 9.15. The number of hydrogen-bond donors (Lipinski definition) is 0. The number of imidazole rings is 12. The van der Waals surface area contributed by atoms with E-state index in [2.05, 4.69) is 288 Å². The minimum Gasteiger partial charge on any atom is -0.867 e. The monoisotopic (exact) mass is 1710 g/mol. The molecule has 0 fully saturated rings. The first kappa shape index (κ1) is 121. The molecule has 0 spiro atoms. The fraction of sp³-hybridized carbons (Fsp3) is 0.500.